The molecule has 146 valence electrons. The van der Waals surface area contributed by atoms with Gasteiger partial charge in [-0.2, -0.15) is 0 Å². The van der Waals surface area contributed by atoms with E-state index in [9.17, 15) is 9.59 Å². The Balaban J connectivity index is 1.36. The Labute approximate surface area is 163 Å². The molecular formula is C21H24N4O3. The summed E-state index contributed by atoms with van der Waals surface area (Å²) in [5, 5.41) is 2.67. The molecule has 1 aliphatic carbocycles. The fraction of sp³-hybridized carbons (Fsp3) is 0.381. The highest BCUT2D eigenvalue weighted by atomic mass is 16.3. The average Bonchev–Trinajstić information content (AvgIpc) is 3.40. The van der Waals surface area contributed by atoms with Crippen molar-refractivity contribution in [1.29, 1.82) is 0 Å². The summed E-state index contributed by atoms with van der Waals surface area (Å²) in [6.45, 7) is -0.0258. The molecule has 0 spiro atoms. The normalized spacial score (nSPS) is 14.9. The van der Waals surface area contributed by atoms with Gasteiger partial charge in [0.05, 0.1) is 23.9 Å². The van der Waals surface area contributed by atoms with Gasteiger partial charge in [0, 0.05) is 18.7 Å². The predicted octanol–water partition coefficient (Wildman–Crippen LogP) is 3.34. The van der Waals surface area contributed by atoms with Gasteiger partial charge in [0.1, 0.15) is 5.76 Å². The van der Waals surface area contributed by atoms with Crippen molar-refractivity contribution in [3.63, 3.8) is 0 Å². The Bertz CT molecular complexity index is 984. The molecule has 7 nitrogen and oxygen atoms in total. The number of furan rings is 1. The van der Waals surface area contributed by atoms with Crippen LogP contribution in [0.1, 0.15) is 42.7 Å². The summed E-state index contributed by atoms with van der Waals surface area (Å²) in [6.07, 6.45) is 7.28. The number of hydrogen-bond acceptors (Lipinski definition) is 4. The lowest BCUT2D eigenvalue weighted by Gasteiger charge is -2.31. The fourth-order valence-corrected chi connectivity index (χ4v) is 3.74. The molecule has 7 heteroatoms. The Hall–Kier alpha value is -3.09. The zero-order valence-electron chi connectivity index (χ0n) is 15.9. The van der Waals surface area contributed by atoms with Gasteiger partial charge in [-0.3, -0.25) is 9.59 Å². The van der Waals surface area contributed by atoms with Crippen LogP contribution in [0.5, 0.6) is 0 Å². The first-order valence-corrected chi connectivity index (χ1v) is 9.69. The molecule has 2 amide bonds. The summed E-state index contributed by atoms with van der Waals surface area (Å²) in [6, 6.07) is 9.37. The van der Waals surface area contributed by atoms with Crippen LogP contribution in [0, 0.1) is 0 Å². The van der Waals surface area contributed by atoms with Crippen LogP contribution in [0.25, 0.3) is 22.4 Å². The number of amides is 2. The highest BCUT2D eigenvalue weighted by molar-refractivity contribution is 5.94. The van der Waals surface area contributed by atoms with Gasteiger partial charge in [-0.15, -0.1) is 0 Å². The maximum atomic E-state index is 12.4. The second-order valence-electron chi connectivity index (χ2n) is 7.28. The van der Waals surface area contributed by atoms with E-state index in [-0.39, 0.29) is 30.2 Å². The summed E-state index contributed by atoms with van der Waals surface area (Å²) in [5.41, 5.74) is 2.62. The van der Waals surface area contributed by atoms with Crippen molar-refractivity contribution in [2.24, 2.45) is 0 Å². The monoisotopic (exact) mass is 380 g/mol. The summed E-state index contributed by atoms with van der Waals surface area (Å²) in [4.78, 5) is 33.8. The molecule has 2 N–H and O–H groups in total. The molecule has 1 saturated carbocycles. The highest BCUT2D eigenvalue weighted by Crippen LogP contribution is 2.25. The van der Waals surface area contributed by atoms with Gasteiger partial charge in [0.25, 0.3) is 5.91 Å². The molecular weight excluding hydrogens is 356 g/mol. The van der Waals surface area contributed by atoms with Crippen molar-refractivity contribution < 1.29 is 14.0 Å². The molecule has 1 aromatic carbocycles. The number of likely N-dealkylation sites (N-methyl/N-ethyl adjacent to an activating group) is 1. The number of carbonyl (C=O) groups is 2. The molecule has 4 rings (SSSR count). The molecule has 0 bridgehead atoms. The molecule has 1 fully saturated rings. The predicted molar refractivity (Wildman–Crippen MR) is 106 cm³/mol. The van der Waals surface area contributed by atoms with Crippen LogP contribution >= 0.6 is 0 Å². The van der Waals surface area contributed by atoms with E-state index in [1.165, 1.54) is 6.42 Å². The van der Waals surface area contributed by atoms with E-state index in [1.807, 2.05) is 25.2 Å². The first-order chi connectivity index (χ1) is 13.6. The van der Waals surface area contributed by atoms with Crippen LogP contribution in [-0.4, -0.2) is 46.3 Å². The fourth-order valence-electron chi connectivity index (χ4n) is 3.74. The Morgan fingerprint density at radius 1 is 1.21 bits per heavy atom. The van der Waals surface area contributed by atoms with E-state index in [0.717, 1.165) is 42.3 Å². The van der Waals surface area contributed by atoms with Gasteiger partial charge in [-0.1, -0.05) is 19.3 Å². The van der Waals surface area contributed by atoms with Gasteiger partial charge in [0.15, 0.2) is 5.76 Å². The van der Waals surface area contributed by atoms with Crippen molar-refractivity contribution in [3.8, 4) is 11.3 Å². The minimum Gasteiger partial charge on any atom is -0.451 e. The average molecular weight is 380 g/mol. The van der Waals surface area contributed by atoms with Crippen molar-refractivity contribution >= 4 is 22.8 Å². The Morgan fingerprint density at radius 3 is 2.86 bits per heavy atom. The van der Waals surface area contributed by atoms with Crippen molar-refractivity contribution in [1.82, 2.24) is 20.2 Å². The second kappa shape index (κ2) is 7.88. The molecule has 3 aromatic rings. The molecule has 0 radical (unpaired) electrons. The van der Waals surface area contributed by atoms with E-state index < -0.39 is 0 Å². The third-order valence-corrected chi connectivity index (χ3v) is 5.45. The van der Waals surface area contributed by atoms with Crippen molar-refractivity contribution in [2.75, 3.05) is 13.6 Å². The number of H-pyrrole nitrogens is 1. The minimum absolute atomic E-state index is 0.0258. The second-order valence-corrected chi connectivity index (χ2v) is 7.28. The molecule has 0 aliphatic heterocycles. The number of rotatable bonds is 5. The van der Waals surface area contributed by atoms with Gasteiger partial charge in [-0.05, 0) is 43.2 Å². The van der Waals surface area contributed by atoms with E-state index >= 15 is 0 Å². The zero-order valence-corrected chi connectivity index (χ0v) is 15.9. The largest absolute Gasteiger partial charge is 0.451 e. The van der Waals surface area contributed by atoms with Gasteiger partial charge >= 0.3 is 0 Å². The molecule has 0 saturated heterocycles. The van der Waals surface area contributed by atoms with Crippen LogP contribution in [0.15, 0.2) is 41.1 Å². The Morgan fingerprint density at radius 2 is 2.04 bits per heavy atom. The summed E-state index contributed by atoms with van der Waals surface area (Å²) < 4.78 is 5.69. The standard InChI is InChI=1S/C21H24N4O3/c1-25(15-5-3-2-4-6-15)20(26)12-22-21(27)19-10-9-18(28-19)14-7-8-16-17(11-14)24-13-23-16/h7-11,13,15H,2-6,12H2,1H3,(H,22,27)(H,23,24). The lowest BCUT2D eigenvalue weighted by Crippen LogP contribution is -2.44. The van der Waals surface area contributed by atoms with Crippen LogP contribution < -0.4 is 5.32 Å². The molecule has 2 aromatic heterocycles. The molecule has 28 heavy (non-hydrogen) atoms. The topological polar surface area (TPSA) is 91.2 Å². The summed E-state index contributed by atoms with van der Waals surface area (Å²) in [7, 11) is 1.82. The van der Waals surface area contributed by atoms with Crippen LogP contribution in [0.3, 0.4) is 0 Å². The van der Waals surface area contributed by atoms with E-state index in [2.05, 4.69) is 15.3 Å². The van der Waals surface area contributed by atoms with E-state index in [4.69, 9.17) is 4.42 Å². The SMILES string of the molecule is CN(C(=O)CNC(=O)c1ccc(-c2ccc3nc[nH]c3c2)o1)C1CCCCC1. The number of benzene rings is 1. The first-order valence-electron chi connectivity index (χ1n) is 9.69. The maximum absolute atomic E-state index is 12.4. The number of hydrogen-bond donors (Lipinski definition) is 2. The Kier molecular flexibility index (Phi) is 5.14. The van der Waals surface area contributed by atoms with Crippen LogP contribution in [0.2, 0.25) is 0 Å². The van der Waals surface area contributed by atoms with Gasteiger partial charge < -0.3 is 19.6 Å². The number of nitrogens with one attached hydrogen (secondary N) is 2. The summed E-state index contributed by atoms with van der Waals surface area (Å²) in [5.74, 6) is 0.316. The van der Waals surface area contributed by atoms with Crippen LogP contribution in [0.4, 0.5) is 0 Å². The smallest absolute Gasteiger partial charge is 0.287 e. The first kappa shape index (κ1) is 18.3. The lowest BCUT2D eigenvalue weighted by molar-refractivity contribution is -0.131. The molecule has 2 heterocycles. The lowest BCUT2D eigenvalue weighted by atomic mass is 9.94. The number of imidazole rings is 1. The van der Waals surface area contributed by atoms with Gasteiger partial charge in [0.2, 0.25) is 5.91 Å². The quantitative estimate of drug-likeness (QED) is 0.710. The number of nitrogens with zero attached hydrogens (tertiary/aromatic N) is 2. The van der Waals surface area contributed by atoms with E-state index in [0.29, 0.717) is 5.76 Å². The van der Waals surface area contributed by atoms with E-state index in [1.54, 1.807) is 23.4 Å². The number of aromatic amines is 1. The highest BCUT2D eigenvalue weighted by Gasteiger charge is 2.22. The third kappa shape index (κ3) is 3.78. The molecule has 1 aliphatic rings. The van der Waals surface area contributed by atoms with Crippen molar-refractivity contribution in [2.45, 2.75) is 38.1 Å². The molecule has 0 atom stereocenters. The number of fused-ring (bicyclic) bond motifs is 1. The zero-order chi connectivity index (χ0) is 19.5. The minimum atomic E-state index is -0.390. The number of aromatic nitrogens is 2. The number of carbonyl (C=O) groups excluding carboxylic acids is 2. The molecule has 0 unspecified atom stereocenters. The maximum Gasteiger partial charge on any atom is 0.287 e. The third-order valence-electron chi connectivity index (χ3n) is 5.45. The summed E-state index contributed by atoms with van der Waals surface area (Å²) >= 11 is 0. The van der Waals surface area contributed by atoms with Crippen LogP contribution in [-0.2, 0) is 4.79 Å². The van der Waals surface area contributed by atoms with Gasteiger partial charge in [-0.25, -0.2) is 4.98 Å². The van der Waals surface area contributed by atoms with Crippen molar-refractivity contribution in [3.05, 3.63) is 42.4 Å².